The Morgan fingerprint density at radius 2 is 2.14 bits per heavy atom. The number of rotatable bonds is 6. The van der Waals surface area contributed by atoms with Gasteiger partial charge >= 0.3 is 5.97 Å². The molecule has 3 aromatic heterocycles. The number of hydrogen-bond acceptors (Lipinski definition) is 9. The molecule has 1 aromatic carbocycles. The number of esters is 1. The van der Waals surface area contributed by atoms with E-state index in [9.17, 15) is 19.7 Å². The molecule has 5 rings (SSSR count). The summed E-state index contributed by atoms with van der Waals surface area (Å²) >= 11 is 8.85. The van der Waals surface area contributed by atoms with Crippen molar-refractivity contribution < 1.29 is 18.9 Å². The number of nitrogens with zero attached hydrogens (tertiary/aromatic N) is 3. The lowest BCUT2D eigenvalue weighted by molar-refractivity contribution is -0.384. The van der Waals surface area contributed by atoms with Crippen LogP contribution in [0.25, 0.3) is 17.4 Å². The van der Waals surface area contributed by atoms with E-state index in [1.807, 2.05) is 17.5 Å². The number of non-ortho nitro benzene ring substituents is 1. The summed E-state index contributed by atoms with van der Waals surface area (Å²) in [5, 5.41) is 13.3. The summed E-state index contributed by atoms with van der Waals surface area (Å²) in [5.41, 5.74) is 0.730. The van der Waals surface area contributed by atoms with Gasteiger partial charge in [0, 0.05) is 28.6 Å². The first-order chi connectivity index (χ1) is 17.8. The van der Waals surface area contributed by atoms with Crippen molar-refractivity contribution >= 4 is 52.0 Å². The molecule has 37 heavy (non-hydrogen) atoms. The molecule has 9 nitrogen and oxygen atoms in total. The van der Waals surface area contributed by atoms with Crippen LogP contribution in [0.2, 0.25) is 5.02 Å². The molecule has 0 amide bonds. The molecule has 188 valence electrons. The Kier molecular flexibility index (Phi) is 6.67. The van der Waals surface area contributed by atoms with E-state index in [-0.39, 0.29) is 17.9 Å². The van der Waals surface area contributed by atoms with Gasteiger partial charge in [-0.15, -0.1) is 11.3 Å². The minimum Gasteiger partial charge on any atom is -0.463 e. The van der Waals surface area contributed by atoms with Crippen molar-refractivity contribution in [3.05, 3.63) is 105 Å². The minimum atomic E-state index is -0.659. The van der Waals surface area contributed by atoms with E-state index >= 15 is 0 Å². The molecule has 1 aliphatic rings. The van der Waals surface area contributed by atoms with Gasteiger partial charge in [-0.05, 0) is 43.5 Å². The summed E-state index contributed by atoms with van der Waals surface area (Å²) in [6, 6.07) is 10.4. The number of benzene rings is 1. The van der Waals surface area contributed by atoms with E-state index in [2.05, 4.69) is 4.99 Å². The lowest BCUT2D eigenvalue weighted by Gasteiger charge is -2.23. The number of aromatic nitrogens is 1. The number of carbonyl (C=O) groups is 1. The van der Waals surface area contributed by atoms with Crippen LogP contribution in [0, 0.1) is 10.1 Å². The predicted octanol–water partition coefficient (Wildman–Crippen LogP) is 4.68. The first-order valence-corrected chi connectivity index (χ1v) is 13.1. The van der Waals surface area contributed by atoms with Crippen molar-refractivity contribution in [3.8, 4) is 11.3 Å². The van der Waals surface area contributed by atoms with Crippen LogP contribution in [-0.4, -0.2) is 22.1 Å². The fraction of sp³-hybridized carbons (Fsp3) is 0.160. The van der Waals surface area contributed by atoms with Gasteiger partial charge < -0.3 is 9.15 Å². The maximum atomic E-state index is 13.6. The van der Waals surface area contributed by atoms with Gasteiger partial charge in [0.05, 0.1) is 32.4 Å². The van der Waals surface area contributed by atoms with Gasteiger partial charge in [0.1, 0.15) is 17.6 Å². The third-order valence-corrected chi connectivity index (χ3v) is 7.89. The largest absolute Gasteiger partial charge is 0.463 e. The van der Waals surface area contributed by atoms with E-state index in [1.165, 1.54) is 45.4 Å². The maximum absolute atomic E-state index is 13.6. The molecule has 12 heteroatoms. The highest BCUT2D eigenvalue weighted by atomic mass is 35.5. The third-order valence-electron chi connectivity index (χ3n) is 5.66. The minimum absolute atomic E-state index is 0.119. The van der Waals surface area contributed by atoms with Gasteiger partial charge in [-0.3, -0.25) is 19.5 Å². The molecule has 0 aliphatic carbocycles. The van der Waals surface area contributed by atoms with Crippen LogP contribution < -0.4 is 14.9 Å². The fourth-order valence-corrected chi connectivity index (χ4v) is 6.09. The molecule has 0 radical (unpaired) electrons. The number of allylic oxidation sites excluding steroid dienone is 1. The fourth-order valence-electron chi connectivity index (χ4n) is 4.03. The van der Waals surface area contributed by atoms with Crippen LogP contribution >= 0.6 is 34.3 Å². The SMILES string of the molecule is CCOC(=O)C1=C(C)N=c2s/c(=C/c3ccc(-c4cc([N+](=O)[O-])ccc4Cl)o3)c(=O)n2[C@@H]1c1cccs1. The molecule has 4 heterocycles. The summed E-state index contributed by atoms with van der Waals surface area (Å²) in [7, 11) is 0. The predicted molar refractivity (Wildman–Crippen MR) is 141 cm³/mol. The smallest absolute Gasteiger partial charge is 0.338 e. The highest BCUT2D eigenvalue weighted by Crippen LogP contribution is 2.34. The Labute approximate surface area is 222 Å². The average molecular weight is 556 g/mol. The molecule has 0 saturated carbocycles. The number of nitro groups is 1. The zero-order chi connectivity index (χ0) is 26.3. The van der Waals surface area contributed by atoms with Crippen molar-refractivity contribution in [3.63, 3.8) is 0 Å². The second-order valence-electron chi connectivity index (χ2n) is 7.94. The number of furan rings is 1. The summed E-state index contributed by atoms with van der Waals surface area (Å²) in [6.45, 7) is 3.65. The van der Waals surface area contributed by atoms with Crippen LogP contribution in [-0.2, 0) is 9.53 Å². The van der Waals surface area contributed by atoms with Gasteiger partial charge in [0.15, 0.2) is 4.80 Å². The molecule has 0 saturated heterocycles. The van der Waals surface area contributed by atoms with E-state index in [0.717, 1.165) is 4.88 Å². The molecule has 0 bridgehead atoms. The molecule has 1 atom stereocenters. The third kappa shape index (κ3) is 4.57. The van der Waals surface area contributed by atoms with Crippen LogP contribution in [0.15, 0.2) is 73.3 Å². The van der Waals surface area contributed by atoms with E-state index < -0.39 is 16.9 Å². The zero-order valence-electron chi connectivity index (χ0n) is 19.5. The quantitative estimate of drug-likeness (QED) is 0.194. The Hall–Kier alpha value is -3.80. The lowest BCUT2D eigenvalue weighted by atomic mass is 10.0. The highest BCUT2D eigenvalue weighted by Gasteiger charge is 2.33. The summed E-state index contributed by atoms with van der Waals surface area (Å²) in [4.78, 5) is 42.9. The highest BCUT2D eigenvalue weighted by molar-refractivity contribution is 7.10. The first-order valence-electron chi connectivity index (χ1n) is 11.1. The van der Waals surface area contributed by atoms with Crippen LogP contribution in [0.1, 0.15) is 30.5 Å². The Morgan fingerprint density at radius 1 is 1.32 bits per heavy atom. The molecule has 1 aliphatic heterocycles. The van der Waals surface area contributed by atoms with Crippen LogP contribution in [0.4, 0.5) is 5.69 Å². The molecule has 4 aromatic rings. The van der Waals surface area contributed by atoms with Crippen LogP contribution in [0.3, 0.4) is 0 Å². The summed E-state index contributed by atoms with van der Waals surface area (Å²) in [5.74, 6) is 0.169. The number of carbonyl (C=O) groups excluding carboxylic acids is 1. The Balaban J connectivity index is 1.61. The van der Waals surface area contributed by atoms with E-state index in [1.54, 1.807) is 32.1 Å². The first kappa shape index (κ1) is 24.9. The Bertz CT molecular complexity index is 1750. The molecule has 0 fully saturated rings. The van der Waals surface area contributed by atoms with Crippen molar-refractivity contribution in [2.24, 2.45) is 4.99 Å². The van der Waals surface area contributed by atoms with Crippen molar-refractivity contribution in [2.75, 3.05) is 6.61 Å². The van der Waals surface area contributed by atoms with Gasteiger partial charge in [0.25, 0.3) is 11.2 Å². The topological polar surface area (TPSA) is 117 Å². The number of thiophene rings is 1. The molecule has 0 N–H and O–H groups in total. The van der Waals surface area contributed by atoms with Crippen molar-refractivity contribution in [1.82, 2.24) is 4.57 Å². The number of hydrogen-bond donors (Lipinski definition) is 0. The standard InChI is InChI=1S/C25H18ClN3O6S2/c1-3-34-24(31)21-13(2)27-25-28(22(21)19-5-4-10-36-19)23(30)20(37-25)12-15-7-9-18(35-15)16-11-14(29(32)33)6-8-17(16)26/h4-12,22H,3H2,1-2H3/b20-12+/t22-/m1/s1. The number of fused-ring (bicyclic) bond motifs is 1. The second-order valence-corrected chi connectivity index (χ2v) is 10.3. The van der Waals surface area contributed by atoms with Crippen molar-refractivity contribution in [1.29, 1.82) is 0 Å². The van der Waals surface area contributed by atoms with Gasteiger partial charge in [-0.2, -0.15) is 0 Å². The number of halogens is 1. The molecular weight excluding hydrogens is 538 g/mol. The number of nitro benzene ring substituents is 1. The zero-order valence-corrected chi connectivity index (χ0v) is 21.9. The average Bonchev–Trinajstić information content (AvgIpc) is 3.61. The monoisotopic (exact) mass is 555 g/mol. The summed E-state index contributed by atoms with van der Waals surface area (Å²) < 4.78 is 13.0. The lowest BCUT2D eigenvalue weighted by Crippen LogP contribution is -2.39. The molecular formula is C25H18ClN3O6S2. The van der Waals surface area contributed by atoms with Gasteiger partial charge in [0.2, 0.25) is 0 Å². The molecule has 0 unspecified atom stereocenters. The normalized spacial score (nSPS) is 15.4. The van der Waals surface area contributed by atoms with E-state index in [4.69, 9.17) is 20.8 Å². The molecule has 0 spiro atoms. The number of thiazole rings is 1. The number of ether oxygens (including phenoxy) is 1. The van der Waals surface area contributed by atoms with Crippen LogP contribution in [0.5, 0.6) is 0 Å². The van der Waals surface area contributed by atoms with Gasteiger partial charge in [-0.1, -0.05) is 29.0 Å². The maximum Gasteiger partial charge on any atom is 0.338 e. The Morgan fingerprint density at radius 3 is 2.84 bits per heavy atom. The van der Waals surface area contributed by atoms with Gasteiger partial charge in [-0.25, -0.2) is 9.79 Å². The van der Waals surface area contributed by atoms with E-state index in [0.29, 0.717) is 42.7 Å². The van der Waals surface area contributed by atoms with Crippen molar-refractivity contribution in [2.45, 2.75) is 19.9 Å². The second kappa shape index (κ2) is 9.92. The summed E-state index contributed by atoms with van der Waals surface area (Å²) in [6.07, 6.45) is 1.58.